The number of aromatic amines is 1. The van der Waals surface area contributed by atoms with Crippen LogP contribution >= 0.6 is 0 Å². The summed E-state index contributed by atoms with van der Waals surface area (Å²) in [6.07, 6.45) is 0.480. The lowest BCUT2D eigenvalue weighted by molar-refractivity contribution is 0.386. The topological polar surface area (TPSA) is 55.0 Å². The first kappa shape index (κ1) is 13.3. The van der Waals surface area contributed by atoms with Crippen LogP contribution in [0.5, 0.6) is 5.75 Å². The smallest absolute Gasteiger partial charge is 0.272 e. The Bertz CT molecular complexity index is 858. The summed E-state index contributed by atoms with van der Waals surface area (Å²) in [4.78, 5) is 11.7. The molecule has 0 aliphatic heterocycles. The highest BCUT2D eigenvalue weighted by Gasteiger charge is 2.09. The predicted octanol–water partition coefficient (Wildman–Crippen LogP) is 2.66. The van der Waals surface area contributed by atoms with E-state index in [9.17, 15) is 9.18 Å². The van der Waals surface area contributed by atoms with Crippen molar-refractivity contribution in [1.29, 1.82) is 0 Å². The molecular formula is C16H13FN2O2. The number of halogens is 1. The standard InChI is InChI=1S/C16H13FN2O2/c1-21-15-9-10(6-7-13(15)17)8-14-11-4-2-3-5-12(11)16(20)19-18-14/h2-7,9H,8H2,1H3,(H,19,20). The molecule has 1 heterocycles. The van der Waals surface area contributed by atoms with Crippen LogP contribution < -0.4 is 10.3 Å². The summed E-state index contributed by atoms with van der Waals surface area (Å²) >= 11 is 0. The van der Waals surface area contributed by atoms with E-state index in [1.165, 1.54) is 13.2 Å². The average Bonchev–Trinajstić information content (AvgIpc) is 2.52. The third-order valence-electron chi connectivity index (χ3n) is 3.36. The molecule has 0 radical (unpaired) electrons. The molecule has 0 aliphatic carbocycles. The van der Waals surface area contributed by atoms with Gasteiger partial charge in [0, 0.05) is 11.8 Å². The number of nitrogens with zero attached hydrogens (tertiary/aromatic N) is 1. The van der Waals surface area contributed by atoms with E-state index in [1.807, 2.05) is 18.2 Å². The van der Waals surface area contributed by atoms with Gasteiger partial charge >= 0.3 is 0 Å². The van der Waals surface area contributed by atoms with Crippen molar-refractivity contribution in [3.8, 4) is 5.75 Å². The SMILES string of the molecule is COc1cc(Cc2n[nH]c(=O)c3ccccc23)ccc1F. The van der Waals surface area contributed by atoms with Gasteiger partial charge in [0.2, 0.25) is 0 Å². The van der Waals surface area contributed by atoms with Crippen molar-refractivity contribution in [3.05, 3.63) is 69.9 Å². The minimum Gasteiger partial charge on any atom is -0.494 e. The summed E-state index contributed by atoms with van der Waals surface area (Å²) in [6, 6.07) is 12.0. The van der Waals surface area contributed by atoms with Gasteiger partial charge in [0.25, 0.3) is 5.56 Å². The molecule has 4 nitrogen and oxygen atoms in total. The zero-order chi connectivity index (χ0) is 14.8. The average molecular weight is 284 g/mol. The molecule has 0 amide bonds. The van der Waals surface area contributed by atoms with E-state index in [4.69, 9.17) is 4.74 Å². The molecule has 0 saturated carbocycles. The van der Waals surface area contributed by atoms with Crippen LogP contribution in [0.2, 0.25) is 0 Å². The zero-order valence-corrected chi connectivity index (χ0v) is 11.4. The fraction of sp³-hybridized carbons (Fsp3) is 0.125. The minimum atomic E-state index is -0.402. The van der Waals surface area contributed by atoms with Gasteiger partial charge in [-0.1, -0.05) is 24.3 Å². The van der Waals surface area contributed by atoms with E-state index in [0.717, 1.165) is 16.6 Å². The van der Waals surface area contributed by atoms with Crippen LogP contribution in [-0.2, 0) is 6.42 Å². The maximum absolute atomic E-state index is 13.4. The Labute approximate surface area is 120 Å². The normalized spacial score (nSPS) is 10.8. The van der Waals surface area contributed by atoms with Gasteiger partial charge in [0.15, 0.2) is 11.6 Å². The molecular weight excluding hydrogens is 271 g/mol. The molecule has 5 heteroatoms. The molecule has 0 atom stereocenters. The van der Waals surface area contributed by atoms with Gasteiger partial charge in [-0.2, -0.15) is 5.10 Å². The van der Waals surface area contributed by atoms with Gasteiger partial charge in [0.1, 0.15) is 0 Å². The van der Waals surface area contributed by atoms with E-state index >= 15 is 0 Å². The van der Waals surface area contributed by atoms with Crippen molar-refractivity contribution in [1.82, 2.24) is 10.2 Å². The lowest BCUT2D eigenvalue weighted by Gasteiger charge is -2.07. The first-order valence-electron chi connectivity index (χ1n) is 6.48. The Hall–Kier alpha value is -2.69. The number of H-pyrrole nitrogens is 1. The molecule has 3 aromatic rings. The largest absolute Gasteiger partial charge is 0.494 e. The molecule has 0 unspecified atom stereocenters. The Morgan fingerprint density at radius 2 is 1.95 bits per heavy atom. The number of aromatic nitrogens is 2. The molecule has 1 aromatic heterocycles. The maximum atomic E-state index is 13.4. The first-order chi connectivity index (χ1) is 10.2. The van der Waals surface area contributed by atoms with Crippen LogP contribution in [0.4, 0.5) is 4.39 Å². The third-order valence-corrected chi connectivity index (χ3v) is 3.36. The zero-order valence-electron chi connectivity index (χ0n) is 11.4. The van der Waals surface area contributed by atoms with Gasteiger partial charge in [-0.3, -0.25) is 4.79 Å². The molecule has 0 spiro atoms. The van der Waals surface area contributed by atoms with Crippen LogP contribution in [0.1, 0.15) is 11.3 Å². The second kappa shape index (κ2) is 5.36. The molecule has 0 aliphatic rings. The van der Waals surface area contributed by atoms with Crippen molar-refractivity contribution in [2.75, 3.05) is 7.11 Å². The van der Waals surface area contributed by atoms with Gasteiger partial charge in [-0.25, -0.2) is 9.49 Å². The van der Waals surface area contributed by atoms with Crippen molar-refractivity contribution >= 4 is 10.8 Å². The monoisotopic (exact) mass is 284 g/mol. The second-order valence-electron chi connectivity index (χ2n) is 4.69. The fourth-order valence-electron chi connectivity index (χ4n) is 2.31. The number of methoxy groups -OCH3 is 1. The molecule has 21 heavy (non-hydrogen) atoms. The number of rotatable bonds is 3. The number of ether oxygens (including phenoxy) is 1. The second-order valence-corrected chi connectivity index (χ2v) is 4.69. The first-order valence-corrected chi connectivity index (χ1v) is 6.48. The molecule has 106 valence electrons. The molecule has 3 rings (SSSR count). The Morgan fingerprint density at radius 1 is 1.19 bits per heavy atom. The Balaban J connectivity index is 2.06. The maximum Gasteiger partial charge on any atom is 0.272 e. The number of nitrogens with one attached hydrogen (secondary N) is 1. The molecule has 2 aromatic carbocycles. The van der Waals surface area contributed by atoms with Crippen molar-refractivity contribution in [2.45, 2.75) is 6.42 Å². The summed E-state index contributed by atoms with van der Waals surface area (Å²) in [5.41, 5.74) is 1.38. The number of fused-ring (bicyclic) bond motifs is 1. The lowest BCUT2D eigenvalue weighted by Crippen LogP contribution is -2.11. The molecule has 0 bridgehead atoms. The number of benzene rings is 2. The van der Waals surface area contributed by atoms with E-state index in [0.29, 0.717) is 11.8 Å². The van der Waals surface area contributed by atoms with Gasteiger partial charge < -0.3 is 4.74 Å². The summed E-state index contributed by atoms with van der Waals surface area (Å²) in [5, 5.41) is 7.99. The highest BCUT2D eigenvalue weighted by molar-refractivity contribution is 5.83. The quantitative estimate of drug-likeness (QED) is 0.804. The molecule has 0 fully saturated rings. The van der Waals surface area contributed by atoms with Crippen LogP contribution in [-0.4, -0.2) is 17.3 Å². The molecule has 1 N–H and O–H groups in total. The van der Waals surface area contributed by atoms with E-state index in [-0.39, 0.29) is 11.3 Å². The Kier molecular flexibility index (Phi) is 3.39. The van der Waals surface area contributed by atoms with E-state index in [1.54, 1.807) is 18.2 Å². The number of hydrogen-bond acceptors (Lipinski definition) is 3. The van der Waals surface area contributed by atoms with Crippen LogP contribution in [0.25, 0.3) is 10.8 Å². The summed E-state index contributed by atoms with van der Waals surface area (Å²) in [5.74, 6) is -0.207. The minimum absolute atomic E-state index is 0.196. The number of hydrogen-bond donors (Lipinski definition) is 1. The predicted molar refractivity (Wildman–Crippen MR) is 78.1 cm³/mol. The van der Waals surface area contributed by atoms with Crippen molar-refractivity contribution in [3.63, 3.8) is 0 Å². The summed E-state index contributed by atoms with van der Waals surface area (Å²) < 4.78 is 18.4. The van der Waals surface area contributed by atoms with Gasteiger partial charge in [-0.05, 0) is 23.8 Å². The highest BCUT2D eigenvalue weighted by atomic mass is 19.1. The van der Waals surface area contributed by atoms with Crippen molar-refractivity contribution in [2.24, 2.45) is 0 Å². The van der Waals surface area contributed by atoms with Crippen LogP contribution in [0.3, 0.4) is 0 Å². The Morgan fingerprint density at radius 3 is 2.71 bits per heavy atom. The lowest BCUT2D eigenvalue weighted by atomic mass is 10.0. The van der Waals surface area contributed by atoms with Gasteiger partial charge in [-0.15, -0.1) is 0 Å². The highest BCUT2D eigenvalue weighted by Crippen LogP contribution is 2.21. The third kappa shape index (κ3) is 2.50. The summed E-state index contributed by atoms with van der Waals surface area (Å²) in [7, 11) is 1.43. The van der Waals surface area contributed by atoms with Crippen molar-refractivity contribution < 1.29 is 9.13 Å². The molecule has 0 saturated heterocycles. The van der Waals surface area contributed by atoms with E-state index in [2.05, 4.69) is 10.2 Å². The fourth-order valence-corrected chi connectivity index (χ4v) is 2.31. The van der Waals surface area contributed by atoms with Crippen LogP contribution in [0, 0.1) is 5.82 Å². The van der Waals surface area contributed by atoms with Crippen LogP contribution in [0.15, 0.2) is 47.3 Å². The van der Waals surface area contributed by atoms with Gasteiger partial charge in [0.05, 0.1) is 18.2 Å². The summed E-state index contributed by atoms with van der Waals surface area (Å²) in [6.45, 7) is 0. The van der Waals surface area contributed by atoms with E-state index < -0.39 is 5.82 Å².